The van der Waals surface area contributed by atoms with E-state index in [0.29, 0.717) is 29.4 Å². The maximum Gasteiger partial charge on any atom is 0.410 e. The van der Waals surface area contributed by atoms with E-state index in [0.717, 1.165) is 24.0 Å². The molecule has 3 heterocycles. The van der Waals surface area contributed by atoms with Gasteiger partial charge in [-0.05, 0) is 58.7 Å². The first-order valence-electron chi connectivity index (χ1n) is 12.1. The molecule has 38 heavy (non-hydrogen) atoms. The summed E-state index contributed by atoms with van der Waals surface area (Å²) in [6.07, 6.45) is 5.28. The maximum absolute atomic E-state index is 13.7. The largest absolute Gasteiger partial charge is 0.482 e. The summed E-state index contributed by atoms with van der Waals surface area (Å²) in [6.45, 7) is 8.30. The summed E-state index contributed by atoms with van der Waals surface area (Å²) < 4.78 is 24.7. The SMILES string of the molecule is CC(C)(C)OC(=O)N1CCCC(O)C1.CC(Oc1cc(-c2cn[nH]c2)cnc1N)c1c(Cl)ccc(F)c1Cl. The van der Waals surface area contributed by atoms with E-state index < -0.39 is 23.6 Å². The third kappa shape index (κ3) is 7.96. The Morgan fingerprint density at radius 2 is 2.03 bits per heavy atom. The van der Waals surface area contributed by atoms with Crippen LogP contribution in [0.2, 0.25) is 10.0 Å². The van der Waals surface area contributed by atoms with Crippen molar-refractivity contribution in [1.82, 2.24) is 20.1 Å². The van der Waals surface area contributed by atoms with E-state index in [2.05, 4.69) is 15.2 Å². The van der Waals surface area contributed by atoms with Gasteiger partial charge < -0.3 is 25.2 Å². The van der Waals surface area contributed by atoms with Crippen molar-refractivity contribution in [3.05, 3.63) is 58.2 Å². The summed E-state index contributed by atoms with van der Waals surface area (Å²) in [5, 5.41) is 16.2. The number of pyridine rings is 1. The number of aliphatic hydroxyl groups excluding tert-OH is 1. The Morgan fingerprint density at radius 1 is 1.29 bits per heavy atom. The van der Waals surface area contributed by atoms with E-state index in [4.69, 9.17) is 38.4 Å². The highest BCUT2D eigenvalue weighted by Crippen LogP contribution is 2.36. The number of carbonyl (C=O) groups excluding carboxylic acids is 1. The Morgan fingerprint density at radius 3 is 2.66 bits per heavy atom. The molecule has 1 aliphatic rings. The average molecular weight is 568 g/mol. The number of aromatic amines is 1. The molecule has 1 aromatic carbocycles. The van der Waals surface area contributed by atoms with Crippen molar-refractivity contribution >= 4 is 35.1 Å². The van der Waals surface area contributed by atoms with Crippen LogP contribution in [-0.4, -0.2) is 56.1 Å². The minimum Gasteiger partial charge on any atom is -0.482 e. The molecule has 0 spiro atoms. The summed E-state index contributed by atoms with van der Waals surface area (Å²) in [5.41, 5.74) is 7.38. The van der Waals surface area contributed by atoms with Crippen LogP contribution >= 0.6 is 23.2 Å². The Kier molecular flexibility index (Phi) is 9.81. The Balaban J connectivity index is 0.000000244. The van der Waals surface area contributed by atoms with Crippen LogP contribution in [0.3, 0.4) is 0 Å². The van der Waals surface area contributed by atoms with Gasteiger partial charge in [0.15, 0.2) is 11.6 Å². The summed E-state index contributed by atoms with van der Waals surface area (Å²) >= 11 is 12.1. The number of nitrogens with two attached hydrogens (primary N) is 1. The van der Waals surface area contributed by atoms with Crippen molar-refractivity contribution < 1.29 is 23.8 Å². The number of benzene rings is 1. The topological polar surface area (TPSA) is 127 Å². The second-order valence-electron chi connectivity index (χ2n) is 9.83. The molecule has 1 saturated heterocycles. The normalized spacial score (nSPS) is 16.3. The van der Waals surface area contributed by atoms with Gasteiger partial charge in [0.05, 0.1) is 17.3 Å². The third-order valence-electron chi connectivity index (χ3n) is 5.55. The molecule has 2 aromatic heterocycles. The number of rotatable bonds is 4. The second kappa shape index (κ2) is 12.6. The molecule has 0 saturated carbocycles. The monoisotopic (exact) mass is 567 g/mol. The van der Waals surface area contributed by atoms with Gasteiger partial charge in [-0.25, -0.2) is 14.2 Å². The van der Waals surface area contributed by atoms with E-state index in [1.54, 1.807) is 36.5 Å². The molecule has 2 unspecified atom stereocenters. The number of ether oxygens (including phenoxy) is 2. The first-order chi connectivity index (χ1) is 17.9. The number of amides is 1. The number of hydrogen-bond donors (Lipinski definition) is 3. The number of aliphatic hydroxyl groups is 1. The number of anilines is 1. The van der Waals surface area contributed by atoms with E-state index in [1.807, 2.05) is 20.8 Å². The summed E-state index contributed by atoms with van der Waals surface area (Å²) in [7, 11) is 0. The molecule has 1 aliphatic heterocycles. The van der Waals surface area contributed by atoms with Gasteiger partial charge >= 0.3 is 6.09 Å². The summed E-state index contributed by atoms with van der Waals surface area (Å²) in [4.78, 5) is 17.2. The fourth-order valence-corrected chi connectivity index (χ4v) is 4.41. The minimum absolute atomic E-state index is 0.0764. The van der Waals surface area contributed by atoms with Crippen molar-refractivity contribution in [2.75, 3.05) is 18.8 Å². The van der Waals surface area contributed by atoms with E-state index in [1.165, 1.54) is 12.1 Å². The highest BCUT2D eigenvalue weighted by atomic mass is 35.5. The van der Waals surface area contributed by atoms with Crippen LogP contribution in [0, 0.1) is 5.82 Å². The van der Waals surface area contributed by atoms with Crippen molar-refractivity contribution in [3.63, 3.8) is 0 Å². The number of carbonyl (C=O) groups is 1. The number of halogens is 3. The molecule has 206 valence electrons. The summed E-state index contributed by atoms with van der Waals surface area (Å²) in [6, 6.07) is 4.36. The fraction of sp³-hybridized carbons (Fsp3) is 0.423. The van der Waals surface area contributed by atoms with Crippen LogP contribution < -0.4 is 10.5 Å². The Bertz CT molecular complexity index is 1240. The zero-order chi connectivity index (χ0) is 28.0. The number of H-pyrrole nitrogens is 1. The number of nitrogens with zero attached hydrogens (tertiary/aromatic N) is 3. The molecule has 1 amide bonds. The van der Waals surface area contributed by atoms with Crippen LogP contribution in [0.15, 0.2) is 36.8 Å². The molecule has 0 radical (unpaired) electrons. The molecule has 4 rings (SSSR count). The molecule has 9 nitrogen and oxygen atoms in total. The molecule has 1 fully saturated rings. The van der Waals surface area contributed by atoms with Crippen LogP contribution in [0.25, 0.3) is 11.1 Å². The van der Waals surface area contributed by atoms with Gasteiger partial charge in [-0.3, -0.25) is 5.10 Å². The molecular weight excluding hydrogens is 536 g/mol. The van der Waals surface area contributed by atoms with E-state index >= 15 is 0 Å². The molecule has 0 aliphatic carbocycles. The zero-order valence-corrected chi connectivity index (χ0v) is 23.2. The van der Waals surface area contributed by atoms with Gasteiger partial charge in [0.2, 0.25) is 0 Å². The number of nitrogen functional groups attached to an aromatic ring is 1. The Hall–Kier alpha value is -3.08. The molecule has 3 aromatic rings. The smallest absolute Gasteiger partial charge is 0.410 e. The van der Waals surface area contributed by atoms with Crippen LogP contribution in [0.5, 0.6) is 5.75 Å². The predicted molar refractivity (Wildman–Crippen MR) is 145 cm³/mol. The average Bonchev–Trinajstić information content (AvgIpc) is 3.38. The quantitative estimate of drug-likeness (QED) is 0.329. The van der Waals surface area contributed by atoms with Crippen LogP contribution in [0.4, 0.5) is 15.0 Å². The fourth-order valence-electron chi connectivity index (χ4n) is 3.73. The van der Waals surface area contributed by atoms with E-state index in [-0.39, 0.29) is 16.9 Å². The second-order valence-corrected chi connectivity index (χ2v) is 10.6. The highest BCUT2D eigenvalue weighted by molar-refractivity contribution is 6.36. The molecule has 0 bridgehead atoms. The van der Waals surface area contributed by atoms with Crippen molar-refractivity contribution in [2.45, 2.75) is 58.3 Å². The van der Waals surface area contributed by atoms with Crippen LogP contribution in [-0.2, 0) is 4.74 Å². The first-order valence-corrected chi connectivity index (χ1v) is 12.8. The van der Waals surface area contributed by atoms with Gasteiger partial charge in [0.25, 0.3) is 0 Å². The molecule has 4 N–H and O–H groups in total. The van der Waals surface area contributed by atoms with Gasteiger partial charge in [-0.15, -0.1) is 0 Å². The van der Waals surface area contributed by atoms with E-state index in [9.17, 15) is 14.3 Å². The van der Waals surface area contributed by atoms with Gasteiger partial charge in [-0.2, -0.15) is 5.10 Å². The van der Waals surface area contributed by atoms with Crippen molar-refractivity contribution in [3.8, 4) is 16.9 Å². The van der Waals surface area contributed by atoms with Gasteiger partial charge in [-0.1, -0.05) is 23.2 Å². The summed E-state index contributed by atoms with van der Waals surface area (Å²) in [5.74, 6) is -0.0138. The standard InChI is InChI=1S/C16H13Cl2FN4O.C10H19NO3/c1-8(14-11(17)2-3-12(19)15(14)18)24-13-4-9(5-21-16(13)20)10-6-22-23-7-10;1-10(2,3)14-9(13)11-6-4-5-8(12)7-11/h2-8H,1H3,(H2,20,21)(H,22,23);8,12H,4-7H2,1-3H3. The first kappa shape index (κ1) is 29.5. The zero-order valence-electron chi connectivity index (χ0n) is 21.7. The number of aromatic nitrogens is 3. The van der Waals surface area contributed by atoms with Gasteiger partial charge in [0.1, 0.15) is 17.5 Å². The Labute approximate surface area is 231 Å². The van der Waals surface area contributed by atoms with Gasteiger partial charge in [0, 0.05) is 47.2 Å². The highest BCUT2D eigenvalue weighted by Gasteiger charge is 2.26. The molecule has 2 atom stereocenters. The lowest BCUT2D eigenvalue weighted by atomic mass is 10.1. The third-order valence-corrected chi connectivity index (χ3v) is 6.26. The number of piperidine rings is 1. The lowest BCUT2D eigenvalue weighted by molar-refractivity contribution is 0.00391. The molecular formula is C26H32Cl2FN5O4. The number of hydrogen-bond acceptors (Lipinski definition) is 7. The van der Waals surface area contributed by atoms with Crippen molar-refractivity contribution in [1.29, 1.82) is 0 Å². The minimum atomic E-state index is -0.621. The predicted octanol–water partition coefficient (Wildman–Crippen LogP) is 6.02. The number of likely N-dealkylation sites (tertiary alicyclic amines) is 1. The maximum atomic E-state index is 13.7. The number of nitrogens with one attached hydrogen (secondary N) is 1. The number of β-amino-alcohol motifs (C(OH)–C–C–N with tert-alkyl or cyclic N) is 1. The lowest BCUT2D eigenvalue weighted by Gasteiger charge is -2.32. The van der Waals surface area contributed by atoms with Crippen molar-refractivity contribution in [2.24, 2.45) is 0 Å². The van der Waals surface area contributed by atoms with Crippen LogP contribution in [0.1, 0.15) is 52.2 Å². The lowest BCUT2D eigenvalue weighted by Crippen LogP contribution is -2.44. The molecule has 12 heteroatoms.